The molecule has 0 radical (unpaired) electrons. The molecule has 1 N–H and O–H groups in total. The highest BCUT2D eigenvalue weighted by Crippen LogP contribution is 2.26. The SMILES string of the molecule is CCOc1ccccc1OCCNCC1CCCN1CC. The predicted octanol–water partition coefficient (Wildman–Crippen LogP) is 2.54. The van der Waals surface area contributed by atoms with E-state index >= 15 is 0 Å². The summed E-state index contributed by atoms with van der Waals surface area (Å²) in [6.07, 6.45) is 2.65. The number of benzene rings is 1. The molecule has 1 aliphatic heterocycles. The quantitative estimate of drug-likeness (QED) is 0.709. The molecule has 1 aromatic rings. The molecule has 1 unspecified atom stereocenters. The summed E-state index contributed by atoms with van der Waals surface area (Å²) in [5, 5.41) is 3.51. The molecule has 118 valence electrons. The average molecular weight is 292 g/mol. The number of para-hydroxylation sites is 2. The Morgan fingerprint density at radius 3 is 2.67 bits per heavy atom. The summed E-state index contributed by atoms with van der Waals surface area (Å²) >= 11 is 0. The van der Waals surface area contributed by atoms with Gasteiger partial charge in [-0.05, 0) is 45.0 Å². The maximum Gasteiger partial charge on any atom is 0.161 e. The van der Waals surface area contributed by atoms with Crippen LogP contribution in [0.5, 0.6) is 11.5 Å². The van der Waals surface area contributed by atoms with E-state index in [1.165, 1.54) is 19.4 Å². The van der Waals surface area contributed by atoms with Crippen LogP contribution in [0.25, 0.3) is 0 Å². The van der Waals surface area contributed by atoms with Gasteiger partial charge in [0.05, 0.1) is 6.61 Å². The molecule has 0 aromatic heterocycles. The van der Waals surface area contributed by atoms with Crippen LogP contribution in [0.2, 0.25) is 0 Å². The first-order chi connectivity index (χ1) is 10.3. The van der Waals surface area contributed by atoms with Crippen molar-refractivity contribution in [2.24, 2.45) is 0 Å². The van der Waals surface area contributed by atoms with Gasteiger partial charge in [-0.2, -0.15) is 0 Å². The highest BCUT2D eigenvalue weighted by molar-refractivity contribution is 5.39. The minimum absolute atomic E-state index is 0.660. The van der Waals surface area contributed by atoms with Crippen LogP contribution in [-0.4, -0.2) is 50.3 Å². The fourth-order valence-electron chi connectivity index (χ4n) is 2.89. The largest absolute Gasteiger partial charge is 0.490 e. The standard InChI is InChI=1S/C17H28N2O2/c1-3-19-12-7-8-15(19)14-18-11-13-21-17-10-6-5-9-16(17)20-4-2/h5-6,9-10,15,18H,3-4,7-8,11-14H2,1-2H3. The van der Waals surface area contributed by atoms with Gasteiger partial charge in [-0.1, -0.05) is 19.1 Å². The number of likely N-dealkylation sites (N-methyl/N-ethyl adjacent to an activating group) is 1. The van der Waals surface area contributed by atoms with Gasteiger partial charge in [0.2, 0.25) is 0 Å². The van der Waals surface area contributed by atoms with Gasteiger partial charge in [-0.25, -0.2) is 0 Å². The van der Waals surface area contributed by atoms with Crippen molar-refractivity contribution >= 4 is 0 Å². The lowest BCUT2D eigenvalue weighted by molar-refractivity contribution is 0.247. The van der Waals surface area contributed by atoms with Crippen molar-refractivity contribution < 1.29 is 9.47 Å². The molecular weight excluding hydrogens is 264 g/mol. The summed E-state index contributed by atoms with van der Waals surface area (Å²) in [5.74, 6) is 1.66. The van der Waals surface area contributed by atoms with Crippen molar-refractivity contribution in [2.45, 2.75) is 32.7 Å². The first kappa shape index (κ1) is 16.1. The van der Waals surface area contributed by atoms with Crippen LogP contribution in [0.15, 0.2) is 24.3 Å². The summed E-state index contributed by atoms with van der Waals surface area (Å²) in [6.45, 7) is 9.89. The van der Waals surface area contributed by atoms with Crippen LogP contribution in [0.4, 0.5) is 0 Å². The van der Waals surface area contributed by atoms with Crippen LogP contribution in [-0.2, 0) is 0 Å². The van der Waals surface area contributed by atoms with Crippen molar-refractivity contribution in [1.82, 2.24) is 10.2 Å². The molecule has 4 nitrogen and oxygen atoms in total. The van der Waals surface area contributed by atoms with E-state index in [4.69, 9.17) is 9.47 Å². The van der Waals surface area contributed by atoms with Gasteiger partial charge in [0.25, 0.3) is 0 Å². The molecule has 0 aliphatic carbocycles. The first-order valence-electron chi connectivity index (χ1n) is 8.14. The molecule has 0 amide bonds. The zero-order valence-electron chi connectivity index (χ0n) is 13.3. The van der Waals surface area contributed by atoms with E-state index in [9.17, 15) is 0 Å². The Hall–Kier alpha value is -1.26. The molecule has 0 spiro atoms. The molecule has 1 heterocycles. The minimum Gasteiger partial charge on any atom is -0.490 e. The molecule has 0 bridgehead atoms. The Morgan fingerprint density at radius 2 is 1.95 bits per heavy atom. The third-order valence-electron chi connectivity index (χ3n) is 3.97. The number of rotatable bonds is 9. The Labute approximate surface area is 128 Å². The number of nitrogens with one attached hydrogen (secondary N) is 1. The lowest BCUT2D eigenvalue weighted by Crippen LogP contribution is -2.38. The van der Waals surface area contributed by atoms with Crippen LogP contribution < -0.4 is 14.8 Å². The molecular formula is C17H28N2O2. The van der Waals surface area contributed by atoms with E-state index in [1.54, 1.807) is 0 Å². The van der Waals surface area contributed by atoms with Gasteiger partial charge in [0.1, 0.15) is 6.61 Å². The van der Waals surface area contributed by atoms with Crippen molar-refractivity contribution in [3.8, 4) is 11.5 Å². The van der Waals surface area contributed by atoms with E-state index in [1.807, 2.05) is 31.2 Å². The summed E-state index contributed by atoms with van der Waals surface area (Å²) in [6, 6.07) is 8.55. The second-order valence-electron chi connectivity index (χ2n) is 5.36. The third-order valence-corrected chi connectivity index (χ3v) is 3.97. The Kier molecular flexibility index (Phi) is 6.83. The summed E-state index contributed by atoms with van der Waals surface area (Å²) in [7, 11) is 0. The summed E-state index contributed by atoms with van der Waals surface area (Å²) < 4.78 is 11.4. The lowest BCUT2D eigenvalue weighted by atomic mass is 10.2. The normalized spacial score (nSPS) is 18.9. The van der Waals surface area contributed by atoms with Gasteiger partial charge in [0.15, 0.2) is 11.5 Å². The Balaban J connectivity index is 1.66. The van der Waals surface area contributed by atoms with Crippen molar-refractivity contribution in [2.75, 3.05) is 39.4 Å². The Morgan fingerprint density at radius 1 is 1.19 bits per heavy atom. The molecule has 2 rings (SSSR count). The maximum absolute atomic E-state index is 5.81. The van der Waals surface area contributed by atoms with E-state index in [0.717, 1.165) is 31.1 Å². The molecule has 1 saturated heterocycles. The molecule has 1 aliphatic rings. The average Bonchev–Trinajstić information content (AvgIpc) is 2.96. The molecule has 1 fully saturated rings. The monoisotopic (exact) mass is 292 g/mol. The lowest BCUT2D eigenvalue weighted by Gasteiger charge is -2.23. The van der Waals surface area contributed by atoms with Crippen LogP contribution >= 0.6 is 0 Å². The zero-order valence-corrected chi connectivity index (χ0v) is 13.3. The number of ether oxygens (including phenoxy) is 2. The second-order valence-corrected chi connectivity index (χ2v) is 5.36. The molecule has 4 heteroatoms. The molecule has 1 atom stereocenters. The van der Waals surface area contributed by atoms with E-state index in [2.05, 4.69) is 17.1 Å². The molecule has 21 heavy (non-hydrogen) atoms. The molecule has 0 saturated carbocycles. The smallest absolute Gasteiger partial charge is 0.161 e. The first-order valence-corrected chi connectivity index (χ1v) is 8.14. The van der Waals surface area contributed by atoms with Gasteiger partial charge in [-0.3, -0.25) is 4.90 Å². The summed E-state index contributed by atoms with van der Waals surface area (Å²) in [4.78, 5) is 2.55. The van der Waals surface area contributed by atoms with E-state index in [0.29, 0.717) is 19.3 Å². The summed E-state index contributed by atoms with van der Waals surface area (Å²) in [5.41, 5.74) is 0. The van der Waals surface area contributed by atoms with Gasteiger partial charge < -0.3 is 14.8 Å². The topological polar surface area (TPSA) is 33.7 Å². The highest BCUT2D eigenvalue weighted by atomic mass is 16.5. The van der Waals surface area contributed by atoms with Gasteiger partial charge >= 0.3 is 0 Å². The van der Waals surface area contributed by atoms with E-state index in [-0.39, 0.29) is 0 Å². The number of nitrogens with zero attached hydrogens (tertiary/aromatic N) is 1. The van der Waals surface area contributed by atoms with Crippen molar-refractivity contribution in [1.29, 1.82) is 0 Å². The number of likely N-dealkylation sites (tertiary alicyclic amines) is 1. The fraction of sp³-hybridized carbons (Fsp3) is 0.647. The van der Waals surface area contributed by atoms with Crippen molar-refractivity contribution in [3.63, 3.8) is 0 Å². The Bertz CT molecular complexity index is 412. The van der Waals surface area contributed by atoms with E-state index < -0.39 is 0 Å². The van der Waals surface area contributed by atoms with Gasteiger partial charge in [0, 0.05) is 19.1 Å². The minimum atomic E-state index is 0.660. The highest BCUT2D eigenvalue weighted by Gasteiger charge is 2.21. The predicted molar refractivity (Wildman–Crippen MR) is 86.2 cm³/mol. The fourth-order valence-corrected chi connectivity index (χ4v) is 2.89. The number of hydrogen-bond acceptors (Lipinski definition) is 4. The third kappa shape index (κ3) is 4.90. The number of hydrogen-bond donors (Lipinski definition) is 1. The van der Waals surface area contributed by atoms with Crippen LogP contribution in [0.1, 0.15) is 26.7 Å². The second kappa shape index (κ2) is 8.90. The van der Waals surface area contributed by atoms with Crippen LogP contribution in [0, 0.1) is 0 Å². The van der Waals surface area contributed by atoms with Crippen LogP contribution in [0.3, 0.4) is 0 Å². The van der Waals surface area contributed by atoms with Gasteiger partial charge in [-0.15, -0.1) is 0 Å². The van der Waals surface area contributed by atoms with Crippen molar-refractivity contribution in [3.05, 3.63) is 24.3 Å². The maximum atomic E-state index is 5.81. The molecule has 1 aromatic carbocycles. The zero-order chi connectivity index (χ0) is 14.9.